The van der Waals surface area contributed by atoms with E-state index in [1.54, 1.807) is 13.0 Å². The number of hydrogen-bond acceptors (Lipinski definition) is 2. The lowest BCUT2D eigenvalue weighted by Crippen LogP contribution is -2.09. The van der Waals surface area contributed by atoms with Crippen molar-refractivity contribution >= 4 is 21.9 Å². The second-order valence-corrected chi connectivity index (χ2v) is 4.37. The number of ether oxygens (including phenoxy) is 1. The van der Waals surface area contributed by atoms with Crippen molar-refractivity contribution in [3.63, 3.8) is 0 Å². The first-order chi connectivity index (χ1) is 8.36. The molecule has 0 aromatic heterocycles. The van der Waals surface area contributed by atoms with Crippen molar-refractivity contribution in [2.75, 3.05) is 6.61 Å². The number of benzene rings is 1. The molecular formula is C12H12BrF3O2. The molecule has 1 aromatic rings. The number of alkyl halides is 3. The fourth-order valence-corrected chi connectivity index (χ4v) is 2.15. The molecule has 0 saturated heterocycles. The molecule has 0 amide bonds. The zero-order chi connectivity index (χ0) is 13.8. The highest BCUT2D eigenvalue weighted by Gasteiger charge is 2.33. The minimum absolute atomic E-state index is 0.0122. The van der Waals surface area contributed by atoms with Gasteiger partial charge in [-0.1, -0.05) is 12.1 Å². The molecule has 6 heteroatoms. The van der Waals surface area contributed by atoms with Gasteiger partial charge in [-0.25, -0.2) is 0 Å². The summed E-state index contributed by atoms with van der Waals surface area (Å²) in [4.78, 5) is 11.1. The van der Waals surface area contributed by atoms with E-state index in [0.29, 0.717) is 5.56 Å². The summed E-state index contributed by atoms with van der Waals surface area (Å²) < 4.78 is 42.6. The molecule has 100 valence electrons. The maximum Gasteiger partial charge on any atom is 0.417 e. The van der Waals surface area contributed by atoms with Crippen LogP contribution in [0.25, 0.3) is 0 Å². The van der Waals surface area contributed by atoms with E-state index in [9.17, 15) is 18.0 Å². The van der Waals surface area contributed by atoms with Gasteiger partial charge in [-0.3, -0.25) is 4.79 Å². The second kappa shape index (κ2) is 6.22. The minimum Gasteiger partial charge on any atom is -0.466 e. The third-order valence-corrected chi connectivity index (χ3v) is 3.22. The van der Waals surface area contributed by atoms with Crippen LogP contribution in [0, 0.1) is 0 Å². The molecule has 0 saturated carbocycles. The van der Waals surface area contributed by atoms with Crippen molar-refractivity contribution in [1.29, 1.82) is 0 Å². The highest BCUT2D eigenvalue weighted by molar-refractivity contribution is 9.10. The predicted molar refractivity (Wildman–Crippen MR) is 64.1 cm³/mol. The number of halogens is 4. The van der Waals surface area contributed by atoms with E-state index < -0.39 is 17.7 Å². The third kappa shape index (κ3) is 4.01. The molecule has 0 bridgehead atoms. The van der Waals surface area contributed by atoms with Gasteiger partial charge in [0.15, 0.2) is 0 Å². The van der Waals surface area contributed by atoms with Crippen LogP contribution >= 0.6 is 15.9 Å². The van der Waals surface area contributed by atoms with Crippen molar-refractivity contribution < 1.29 is 22.7 Å². The first kappa shape index (κ1) is 15.0. The van der Waals surface area contributed by atoms with Gasteiger partial charge in [0.25, 0.3) is 0 Å². The lowest BCUT2D eigenvalue weighted by molar-refractivity contribution is -0.143. The van der Waals surface area contributed by atoms with Crippen LogP contribution < -0.4 is 0 Å². The molecule has 0 atom stereocenters. The Balaban J connectivity index is 2.82. The van der Waals surface area contributed by atoms with Crippen LogP contribution in [0.15, 0.2) is 22.7 Å². The molecule has 0 N–H and O–H groups in total. The van der Waals surface area contributed by atoms with E-state index in [4.69, 9.17) is 4.74 Å². The van der Waals surface area contributed by atoms with Crippen molar-refractivity contribution in [2.45, 2.75) is 25.9 Å². The first-order valence-electron chi connectivity index (χ1n) is 5.36. The lowest BCUT2D eigenvalue weighted by Gasteiger charge is -2.12. The number of aryl methyl sites for hydroxylation is 1. The van der Waals surface area contributed by atoms with Crippen LogP contribution in [0.5, 0.6) is 0 Å². The SMILES string of the molecule is CCOC(=O)CCc1cccc(C(F)(F)F)c1Br. The number of carbonyl (C=O) groups excluding carboxylic acids is 1. The molecule has 0 heterocycles. The smallest absolute Gasteiger partial charge is 0.417 e. The molecule has 0 aliphatic heterocycles. The zero-order valence-electron chi connectivity index (χ0n) is 9.68. The predicted octanol–water partition coefficient (Wildman–Crippen LogP) is 3.96. The summed E-state index contributed by atoms with van der Waals surface area (Å²) in [5.41, 5.74) is -0.290. The van der Waals surface area contributed by atoms with Gasteiger partial charge < -0.3 is 4.74 Å². The van der Waals surface area contributed by atoms with E-state index in [1.165, 1.54) is 6.07 Å². The normalized spacial score (nSPS) is 11.4. The Kier molecular flexibility index (Phi) is 5.19. The highest BCUT2D eigenvalue weighted by atomic mass is 79.9. The number of carbonyl (C=O) groups is 1. The van der Waals surface area contributed by atoms with Crippen LogP contribution in [0.2, 0.25) is 0 Å². The fraction of sp³-hybridized carbons (Fsp3) is 0.417. The Labute approximate surface area is 111 Å². The standard InChI is InChI=1S/C12H12BrF3O2/c1-2-18-10(17)7-6-8-4-3-5-9(11(8)13)12(14,15)16/h3-5H,2,6-7H2,1H3. The molecule has 1 rings (SSSR count). The summed E-state index contributed by atoms with van der Waals surface area (Å²) in [6.07, 6.45) is -4.13. The van der Waals surface area contributed by atoms with Gasteiger partial charge in [0, 0.05) is 10.9 Å². The Bertz CT molecular complexity index is 430. The molecule has 0 unspecified atom stereocenters. The Hall–Kier alpha value is -1.04. The van der Waals surface area contributed by atoms with Gasteiger partial charge in [0.1, 0.15) is 0 Å². The van der Waals surface area contributed by atoms with Crippen LogP contribution in [0.3, 0.4) is 0 Å². The van der Waals surface area contributed by atoms with Crippen molar-refractivity contribution in [3.8, 4) is 0 Å². The van der Waals surface area contributed by atoms with Crippen molar-refractivity contribution in [3.05, 3.63) is 33.8 Å². The van der Waals surface area contributed by atoms with Gasteiger partial charge in [-0.05, 0) is 40.9 Å². The summed E-state index contributed by atoms with van der Waals surface area (Å²) in [6, 6.07) is 3.88. The third-order valence-electron chi connectivity index (χ3n) is 2.29. The summed E-state index contributed by atoms with van der Waals surface area (Å²) in [7, 11) is 0. The monoisotopic (exact) mass is 324 g/mol. The summed E-state index contributed by atoms with van der Waals surface area (Å²) >= 11 is 2.93. The van der Waals surface area contributed by atoms with E-state index in [0.717, 1.165) is 6.07 Å². The molecule has 0 fully saturated rings. The van der Waals surface area contributed by atoms with Gasteiger partial charge in [0.2, 0.25) is 0 Å². The molecule has 1 aromatic carbocycles. The van der Waals surface area contributed by atoms with Gasteiger partial charge in [0.05, 0.1) is 12.2 Å². The quantitative estimate of drug-likeness (QED) is 0.783. The summed E-state index contributed by atoms with van der Waals surface area (Å²) in [5.74, 6) is -0.415. The van der Waals surface area contributed by atoms with E-state index in [1.807, 2.05) is 0 Å². The molecule has 0 aliphatic carbocycles. The van der Waals surface area contributed by atoms with Crippen LogP contribution in [0.4, 0.5) is 13.2 Å². The lowest BCUT2D eigenvalue weighted by atomic mass is 10.1. The molecule has 0 aliphatic rings. The molecular weight excluding hydrogens is 313 g/mol. The van der Waals surface area contributed by atoms with E-state index in [2.05, 4.69) is 15.9 Å². The van der Waals surface area contributed by atoms with Gasteiger partial charge in [-0.2, -0.15) is 13.2 Å². The fourth-order valence-electron chi connectivity index (χ4n) is 1.46. The molecule has 18 heavy (non-hydrogen) atoms. The largest absolute Gasteiger partial charge is 0.466 e. The van der Waals surface area contributed by atoms with Crippen LogP contribution in [0.1, 0.15) is 24.5 Å². The molecule has 0 radical (unpaired) electrons. The second-order valence-electron chi connectivity index (χ2n) is 3.58. The maximum absolute atomic E-state index is 12.6. The molecule has 0 spiro atoms. The van der Waals surface area contributed by atoms with Gasteiger partial charge >= 0.3 is 12.1 Å². The van der Waals surface area contributed by atoms with E-state index in [-0.39, 0.29) is 23.9 Å². The Morgan fingerprint density at radius 2 is 2.06 bits per heavy atom. The van der Waals surface area contributed by atoms with Crippen molar-refractivity contribution in [1.82, 2.24) is 0 Å². The van der Waals surface area contributed by atoms with Crippen LogP contribution in [-0.2, 0) is 22.1 Å². The van der Waals surface area contributed by atoms with Crippen LogP contribution in [-0.4, -0.2) is 12.6 Å². The number of rotatable bonds is 4. The molecule has 2 nitrogen and oxygen atoms in total. The van der Waals surface area contributed by atoms with E-state index >= 15 is 0 Å². The number of hydrogen-bond donors (Lipinski definition) is 0. The Morgan fingerprint density at radius 1 is 1.39 bits per heavy atom. The maximum atomic E-state index is 12.6. The first-order valence-corrected chi connectivity index (χ1v) is 6.15. The minimum atomic E-state index is -4.40. The Morgan fingerprint density at radius 3 is 2.61 bits per heavy atom. The summed E-state index contributed by atoms with van der Waals surface area (Å²) in [6.45, 7) is 1.95. The average Bonchev–Trinajstić information content (AvgIpc) is 2.26. The highest BCUT2D eigenvalue weighted by Crippen LogP contribution is 2.36. The number of esters is 1. The van der Waals surface area contributed by atoms with Crippen molar-refractivity contribution in [2.24, 2.45) is 0 Å². The summed E-state index contributed by atoms with van der Waals surface area (Å²) in [5, 5.41) is 0. The van der Waals surface area contributed by atoms with Gasteiger partial charge in [-0.15, -0.1) is 0 Å². The zero-order valence-corrected chi connectivity index (χ0v) is 11.3. The topological polar surface area (TPSA) is 26.3 Å². The average molecular weight is 325 g/mol.